The van der Waals surface area contributed by atoms with Crippen LogP contribution in [0.2, 0.25) is 0 Å². The summed E-state index contributed by atoms with van der Waals surface area (Å²) in [4.78, 5) is 40.0. The number of carbonyl (C=O) groups excluding carboxylic acids is 3. The quantitative estimate of drug-likeness (QED) is 0.463. The molecule has 0 aromatic rings. The number of nitrogens with zero attached hydrogens (tertiary/aromatic N) is 1. The smallest absolute Gasteiger partial charge is 0.333 e. The molecule has 1 heterocycles. The van der Waals surface area contributed by atoms with Gasteiger partial charge in [0.2, 0.25) is 11.8 Å². The first-order chi connectivity index (χ1) is 13.9. The van der Waals surface area contributed by atoms with Crippen molar-refractivity contribution in [3.05, 3.63) is 11.6 Å². The van der Waals surface area contributed by atoms with Crippen LogP contribution >= 0.6 is 0 Å². The third-order valence-corrected chi connectivity index (χ3v) is 5.52. The number of ether oxygens (including phenoxy) is 1. The average molecular weight is 424 g/mol. The second kappa shape index (κ2) is 11.5. The highest BCUT2D eigenvalue weighted by molar-refractivity contribution is 5.91. The van der Waals surface area contributed by atoms with Gasteiger partial charge in [0.25, 0.3) is 0 Å². The predicted octanol–water partition coefficient (Wildman–Crippen LogP) is 2.65. The van der Waals surface area contributed by atoms with Gasteiger partial charge in [-0.2, -0.15) is 0 Å². The molecule has 1 aliphatic heterocycles. The highest BCUT2D eigenvalue weighted by atomic mass is 16.5. The van der Waals surface area contributed by atoms with Gasteiger partial charge in [-0.3, -0.25) is 9.59 Å². The van der Waals surface area contributed by atoms with Crippen LogP contribution < -0.4 is 10.6 Å². The second-order valence-corrected chi connectivity index (χ2v) is 9.56. The van der Waals surface area contributed by atoms with Crippen LogP contribution in [0.4, 0.5) is 0 Å². The van der Waals surface area contributed by atoms with Crippen molar-refractivity contribution in [1.82, 2.24) is 15.5 Å². The van der Waals surface area contributed by atoms with Crippen molar-refractivity contribution < 1.29 is 19.1 Å². The SMILES string of the molecule is CCOC(=O)/C(C)=C/[C@H](C(C)C)N(C)C(=O)[C@@H](NC(=O)[C@@H]1CCCCN1)C(C)(C)C. The number of rotatable bonds is 8. The highest BCUT2D eigenvalue weighted by Crippen LogP contribution is 2.24. The molecular weight excluding hydrogens is 382 g/mol. The molecule has 7 nitrogen and oxygen atoms in total. The third-order valence-electron chi connectivity index (χ3n) is 5.52. The number of amides is 2. The topological polar surface area (TPSA) is 87.7 Å². The van der Waals surface area contributed by atoms with E-state index in [2.05, 4.69) is 10.6 Å². The number of nitrogens with one attached hydrogen (secondary N) is 2. The van der Waals surface area contributed by atoms with E-state index in [-0.39, 0.29) is 35.8 Å². The fourth-order valence-electron chi connectivity index (χ4n) is 3.64. The fourth-order valence-corrected chi connectivity index (χ4v) is 3.64. The van der Waals surface area contributed by atoms with Gasteiger partial charge in [0, 0.05) is 12.6 Å². The van der Waals surface area contributed by atoms with Gasteiger partial charge in [0.05, 0.1) is 18.7 Å². The lowest BCUT2D eigenvalue weighted by Crippen LogP contribution is -2.59. The molecular formula is C23H41N3O4. The molecule has 0 aliphatic carbocycles. The Morgan fingerprint density at radius 1 is 1.23 bits per heavy atom. The van der Waals surface area contributed by atoms with Crippen molar-refractivity contribution in [2.45, 2.75) is 85.9 Å². The van der Waals surface area contributed by atoms with Crippen LogP contribution in [-0.4, -0.2) is 61.0 Å². The first kappa shape index (κ1) is 26.1. The Labute approximate surface area is 182 Å². The molecule has 0 aromatic heterocycles. The highest BCUT2D eigenvalue weighted by Gasteiger charge is 2.38. The fraction of sp³-hybridized carbons (Fsp3) is 0.783. The maximum Gasteiger partial charge on any atom is 0.333 e. The average Bonchev–Trinajstić information content (AvgIpc) is 2.68. The molecule has 1 saturated heterocycles. The summed E-state index contributed by atoms with van der Waals surface area (Å²) < 4.78 is 5.07. The largest absolute Gasteiger partial charge is 0.463 e. The molecule has 2 N–H and O–H groups in total. The van der Waals surface area contributed by atoms with Gasteiger partial charge < -0.3 is 20.3 Å². The molecule has 0 bridgehead atoms. The van der Waals surface area contributed by atoms with E-state index in [1.807, 2.05) is 34.6 Å². The van der Waals surface area contributed by atoms with Crippen LogP contribution in [0.3, 0.4) is 0 Å². The summed E-state index contributed by atoms with van der Waals surface area (Å²) in [7, 11) is 1.73. The molecule has 3 atom stereocenters. The monoisotopic (exact) mass is 423 g/mol. The zero-order valence-corrected chi connectivity index (χ0v) is 20.0. The Bertz CT molecular complexity index is 631. The second-order valence-electron chi connectivity index (χ2n) is 9.56. The first-order valence-corrected chi connectivity index (χ1v) is 11.1. The standard InChI is InChI=1S/C23H41N3O4/c1-9-30-22(29)16(4)14-18(15(2)3)26(8)21(28)19(23(5,6)7)25-20(27)17-12-10-11-13-24-17/h14-15,17-19,24H,9-13H2,1-8H3,(H,25,27)/b16-14+/t17-,18+,19+/m0/s1. The van der Waals surface area contributed by atoms with Crippen LogP contribution in [0.25, 0.3) is 0 Å². The zero-order chi connectivity index (χ0) is 23.1. The van der Waals surface area contributed by atoms with Gasteiger partial charge in [-0.05, 0) is 44.6 Å². The molecule has 1 fully saturated rings. The van der Waals surface area contributed by atoms with E-state index in [4.69, 9.17) is 4.74 Å². The number of hydrogen-bond acceptors (Lipinski definition) is 5. The number of piperidine rings is 1. The van der Waals surface area contributed by atoms with Crippen molar-refractivity contribution in [3.63, 3.8) is 0 Å². The lowest BCUT2D eigenvalue weighted by Gasteiger charge is -2.38. The molecule has 0 spiro atoms. The minimum Gasteiger partial charge on any atom is -0.463 e. The molecule has 0 aromatic carbocycles. The lowest BCUT2D eigenvalue weighted by atomic mass is 9.84. The first-order valence-electron chi connectivity index (χ1n) is 11.1. The maximum absolute atomic E-state index is 13.5. The van der Waals surface area contributed by atoms with E-state index in [0.29, 0.717) is 12.2 Å². The molecule has 0 saturated carbocycles. The van der Waals surface area contributed by atoms with E-state index >= 15 is 0 Å². The minimum absolute atomic E-state index is 0.0830. The zero-order valence-electron chi connectivity index (χ0n) is 20.0. The summed E-state index contributed by atoms with van der Waals surface area (Å²) in [6.45, 7) is 14.4. The number of hydrogen-bond donors (Lipinski definition) is 2. The summed E-state index contributed by atoms with van der Waals surface area (Å²) in [5.41, 5.74) is 0.00911. The molecule has 172 valence electrons. The Morgan fingerprint density at radius 2 is 1.87 bits per heavy atom. The number of carbonyl (C=O) groups is 3. The molecule has 0 unspecified atom stereocenters. The third kappa shape index (κ3) is 7.42. The van der Waals surface area contributed by atoms with E-state index in [9.17, 15) is 14.4 Å². The van der Waals surface area contributed by atoms with E-state index in [1.54, 1.807) is 31.9 Å². The van der Waals surface area contributed by atoms with Crippen molar-refractivity contribution in [1.29, 1.82) is 0 Å². The minimum atomic E-state index is -0.670. The van der Waals surface area contributed by atoms with Crippen molar-refractivity contribution >= 4 is 17.8 Å². The summed E-state index contributed by atoms with van der Waals surface area (Å²) in [5, 5.41) is 6.23. The van der Waals surface area contributed by atoms with Crippen molar-refractivity contribution in [3.8, 4) is 0 Å². The summed E-state index contributed by atoms with van der Waals surface area (Å²) >= 11 is 0. The van der Waals surface area contributed by atoms with Gasteiger partial charge in [-0.25, -0.2) is 4.79 Å². The summed E-state index contributed by atoms with van der Waals surface area (Å²) in [6.07, 6.45) is 4.64. The van der Waals surface area contributed by atoms with Crippen molar-refractivity contribution in [2.24, 2.45) is 11.3 Å². The Balaban J connectivity index is 3.06. The van der Waals surface area contributed by atoms with Gasteiger partial charge in [-0.15, -0.1) is 0 Å². The predicted molar refractivity (Wildman–Crippen MR) is 119 cm³/mol. The maximum atomic E-state index is 13.5. The summed E-state index contributed by atoms with van der Waals surface area (Å²) in [5.74, 6) is -0.596. The molecule has 0 radical (unpaired) electrons. The summed E-state index contributed by atoms with van der Waals surface area (Å²) in [6, 6.07) is -1.22. The molecule has 1 rings (SSSR count). The Morgan fingerprint density at radius 3 is 2.33 bits per heavy atom. The van der Waals surface area contributed by atoms with Gasteiger partial charge in [-0.1, -0.05) is 47.1 Å². The Kier molecular flexibility index (Phi) is 10.0. The number of likely N-dealkylation sites (N-methyl/N-ethyl adjacent to an activating group) is 1. The van der Waals surface area contributed by atoms with Crippen LogP contribution in [0.5, 0.6) is 0 Å². The normalized spacial score (nSPS) is 19.8. The van der Waals surface area contributed by atoms with Gasteiger partial charge in [0.15, 0.2) is 0 Å². The van der Waals surface area contributed by atoms with Crippen LogP contribution in [0.1, 0.15) is 67.7 Å². The van der Waals surface area contributed by atoms with Crippen LogP contribution in [0, 0.1) is 11.3 Å². The van der Waals surface area contributed by atoms with Crippen LogP contribution in [0.15, 0.2) is 11.6 Å². The van der Waals surface area contributed by atoms with Gasteiger partial charge in [0.1, 0.15) is 6.04 Å². The number of esters is 1. The molecule has 30 heavy (non-hydrogen) atoms. The molecule has 7 heteroatoms. The van der Waals surface area contributed by atoms with E-state index in [1.165, 1.54) is 0 Å². The van der Waals surface area contributed by atoms with Gasteiger partial charge >= 0.3 is 5.97 Å². The van der Waals surface area contributed by atoms with Crippen LogP contribution in [-0.2, 0) is 19.1 Å². The lowest BCUT2D eigenvalue weighted by molar-refractivity contribution is -0.141. The molecule has 2 amide bonds. The van der Waals surface area contributed by atoms with E-state index < -0.39 is 11.5 Å². The van der Waals surface area contributed by atoms with E-state index in [0.717, 1.165) is 25.8 Å². The Hall–Kier alpha value is -1.89. The van der Waals surface area contributed by atoms with Crippen molar-refractivity contribution in [2.75, 3.05) is 20.2 Å². The molecule has 1 aliphatic rings.